The molecule has 7 heteroatoms. The summed E-state index contributed by atoms with van der Waals surface area (Å²) in [4.78, 5) is 0.0751. The number of benzene rings is 2. The van der Waals surface area contributed by atoms with Crippen molar-refractivity contribution in [3.63, 3.8) is 0 Å². The van der Waals surface area contributed by atoms with Gasteiger partial charge >= 0.3 is 0 Å². The van der Waals surface area contributed by atoms with Gasteiger partial charge in [-0.1, -0.05) is 23.4 Å². The molecule has 0 fully saturated rings. The highest BCUT2D eigenvalue weighted by atomic mass is 32.2. The number of aromatic nitrogens is 3. The Morgan fingerprint density at radius 3 is 2.53 bits per heavy atom. The van der Waals surface area contributed by atoms with E-state index in [2.05, 4.69) is 10.3 Å². The number of hydrogen-bond donors (Lipinski definition) is 0. The molecule has 3 rings (SSSR count). The average Bonchev–Trinajstić information content (AvgIpc) is 2.83. The molecule has 1 aromatic heterocycles. The fourth-order valence-electron chi connectivity index (χ4n) is 1.74. The summed E-state index contributed by atoms with van der Waals surface area (Å²) in [6.07, 6.45) is 0. The summed E-state index contributed by atoms with van der Waals surface area (Å²) in [5.74, 6) is -0.542. The average molecular weight is 277 g/mol. The Kier molecular flexibility index (Phi) is 2.56. The maximum atomic E-state index is 13.2. The summed E-state index contributed by atoms with van der Waals surface area (Å²) in [7, 11) is -3.86. The van der Waals surface area contributed by atoms with Crippen LogP contribution in [0.3, 0.4) is 0 Å². The zero-order valence-corrected chi connectivity index (χ0v) is 10.4. The van der Waals surface area contributed by atoms with E-state index in [4.69, 9.17) is 0 Å². The summed E-state index contributed by atoms with van der Waals surface area (Å²) in [5, 5.41) is 7.32. The molecule has 0 bridgehead atoms. The van der Waals surface area contributed by atoms with E-state index in [0.717, 1.165) is 10.2 Å². The van der Waals surface area contributed by atoms with Crippen molar-refractivity contribution in [3.05, 3.63) is 54.3 Å². The van der Waals surface area contributed by atoms with Gasteiger partial charge in [-0.05, 0) is 24.3 Å². The Labute approximate surface area is 108 Å². The molecule has 0 aliphatic carbocycles. The van der Waals surface area contributed by atoms with Gasteiger partial charge in [0.2, 0.25) is 0 Å². The number of fused-ring (bicyclic) bond motifs is 1. The quantitative estimate of drug-likeness (QED) is 0.716. The standard InChI is InChI=1S/C12H8FN3O2S/c13-9-6-7-11-12(8-9)16(15-14-11)19(17,18)10-4-2-1-3-5-10/h1-8H. The van der Waals surface area contributed by atoms with Crippen LogP contribution in [-0.2, 0) is 10.0 Å². The van der Waals surface area contributed by atoms with Gasteiger partial charge in [0.05, 0.1) is 4.90 Å². The second-order valence-corrected chi connectivity index (χ2v) is 5.65. The van der Waals surface area contributed by atoms with E-state index in [1.807, 2.05) is 0 Å². The van der Waals surface area contributed by atoms with Crippen LogP contribution in [0.15, 0.2) is 53.4 Å². The maximum Gasteiger partial charge on any atom is 0.284 e. The third-order valence-corrected chi connectivity index (χ3v) is 4.24. The minimum Gasteiger partial charge on any atom is -0.207 e. The Morgan fingerprint density at radius 1 is 1.05 bits per heavy atom. The van der Waals surface area contributed by atoms with Crippen LogP contribution < -0.4 is 0 Å². The Hall–Kier alpha value is -2.28. The molecule has 0 aliphatic rings. The van der Waals surface area contributed by atoms with Crippen LogP contribution in [0.4, 0.5) is 4.39 Å². The van der Waals surface area contributed by atoms with E-state index in [1.165, 1.54) is 24.3 Å². The highest BCUT2D eigenvalue weighted by Gasteiger charge is 2.21. The van der Waals surface area contributed by atoms with Crippen molar-refractivity contribution in [1.29, 1.82) is 0 Å². The second kappa shape index (κ2) is 4.13. The van der Waals surface area contributed by atoms with E-state index in [-0.39, 0.29) is 10.4 Å². The second-order valence-electron chi connectivity index (χ2n) is 3.88. The lowest BCUT2D eigenvalue weighted by molar-refractivity contribution is 0.579. The first-order valence-corrected chi connectivity index (χ1v) is 6.85. The monoisotopic (exact) mass is 277 g/mol. The lowest BCUT2D eigenvalue weighted by atomic mass is 10.3. The predicted octanol–water partition coefficient (Wildman–Crippen LogP) is 1.81. The third-order valence-electron chi connectivity index (χ3n) is 2.65. The van der Waals surface area contributed by atoms with Crippen molar-refractivity contribution in [3.8, 4) is 0 Å². The lowest BCUT2D eigenvalue weighted by Gasteiger charge is -2.04. The molecule has 19 heavy (non-hydrogen) atoms. The van der Waals surface area contributed by atoms with Gasteiger partial charge in [0.1, 0.15) is 16.9 Å². The van der Waals surface area contributed by atoms with Crippen molar-refractivity contribution in [1.82, 2.24) is 14.4 Å². The molecule has 0 aliphatic heterocycles. The SMILES string of the molecule is O=S(=O)(c1ccccc1)n1nnc2ccc(F)cc21. The predicted molar refractivity (Wildman–Crippen MR) is 66.5 cm³/mol. The molecule has 5 nitrogen and oxygen atoms in total. The van der Waals surface area contributed by atoms with Crippen LogP contribution in [0.25, 0.3) is 11.0 Å². The normalized spacial score (nSPS) is 11.8. The third kappa shape index (κ3) is 1.88. The van der Waals surface area contributed by atoms with Gasteiger partial charge < -0.3 is 0 Å². The van der Waals surface area contributed by atoms with E-state index >= 15 is 0 Å². The Balaban J connectivity index is 2.28. The zero-order valence-electron chi connectivity index (χ0n) is 9.56. The van der Waals surface area contributed by atoms with E-state index < -0.39 is 15.8 Å². The van der Waals surface area contributed by atoms with Gasteiger partial charge in [-0.3, -0.25) is 0 Å². The number of nitrogens with zero attached hydrogens (tertiary/aromatic N) is 3. The van der Waals surface area contributed by atoms with Gasteiger partial charge in [-0.15, -0.1) is 9.19 Å². The molecule has 0 unspecified atom stereocenters. The summed E-state index contributed by atoms with van der Waals surface area (Å²) in [5.41, 5.74) is 0.435. The summed E-state index contributed by atoms with van der Waals surface area (Å²) in [6, 6.07) is 11.5. The molecule has 96 valence electrons. The van der Waals surface area contributed by atoms with Crippen molar-refractivity contribution in [2.24, 2.45) is 0 Å². The van der Waals surface area contributed by atoms with Crippen LogP contribution in [-0.4, -0.2) is 22.8 Å². The van der Waals surface area contributed by atoms with E-state index in [0.29, 0.717) is 5.52 Å². The molecule has 2 aromatic carbocycles. The molecule has 0 spiro atoms. The highest BCUT2D eigenvalue weighted by Crippen LogP contribution is 2.19. The smallest absolute Gasteiger partial charge is 0.207 e. The summed E-state index contributed by atoms with van der Waals surface area (Å²) < 4.78 is 38.7. The van der Waals surface area contributed by atoms with E-state index in [9.17, 15) is 12.8 Å². The van der Waals surface area contributed by atoms with Crippen LogP contribution in [0.5, 0.6) is 0 Å². The molecular formula is C12H8FN3O2S. The molecule has 0 atom stereocenters. The molecule has 0 saturated carbocycles. The fraction of sp³-hybridized carbons (Fsp3) is 0. The minimum absolute atomic E-state index is 0.0751. The summed E-state index contributed by atoms with van der Waals surface area (Å²) >= 11 is 0. The van der Waals surface area contributed by atoms with Crippen molar-refractivity contribution < 1.29 is 12.8 Å². The fourth-order valence-corrected chi connectivity index (χ4v) is 2.98. The Morgan fingerprint density at radius 2 is 1.79 bits per heavy atom. The summed E-state index contributed by atoms with van der Waals surface area (Å²) in [6.45, 7) is 0. The van der Waals surface area contributed by atoms with Crippen molar-refractivity contribution in [2.45, 2.75) is 4.90 Å². The van der Waals surface area contributed by atoms with Gasteiger partial charge in [-0.2, -0.15) is 8.42 Å². The topological polar surface area (TPSA) is 64.8 Å². The lowest BCUT2D eigenvalue weighted by Crippen LogP contribution is -2.14. The van der Waals surface area contributed by atoms with Crippen LogP contribution in [0.1, 0.15) is 0 Å². The van der Waals surface area contributed by atoms with Gasteiger partial charge in [0, 0.05) is 6.07 Å². The number of halogens is 1. The van der Waals surface area contributed by atoms with E-state index in [1.54, 1.807) is 18.2 Å². The van der Waals surface area contributed by atoms with Gasteiger partial charge in [0.25, 0.3) is 10.0 Å². The van der Waals surface area contributed by atoms with Gasteiger partial charge in [-0.25, -0.2) is 4.39 Å². The number of hydrogen-bond acceptors (Lipinski definition) is 4. The van der Waals surface area contributed by atoms with Crippen LogP contribution >= 0.6 is 0 Å². The van der Waals surface area contributed by atoms with Crippen molar-refractivity contribution >= 4 is 21.1 Å². The first-order chi connectivity index (χ1) is 9.09. The first kappa shape index (κ1) is 11.8. The largest absolute Gasteiger partial charge is 0.284 e. The van der Waals surface area contributed by atoms with Gasteiger partial charge in [0.15, 0.2) is 0 Å². The molecule has 0 radical (unpaired) electrons. The minimum atomic E-state index is -3.86. The molecule has 0 amide bonds. The maximum absolute atomic E-state index is 13.2. The Bertz CT molecular complexity index is 844. The molecule has 0 saturated heterocycles. The molecule has 1 heterocycles. The molecule has 0 N–H and O–H groups in total. The molecule has 3 aromatic rings. The van der Waals surface area contributed by atoms with Crippen molar-refractivity contribution in [2.75, 3.05) is 0 Å². The zero-order chi connectivity index (χ0) is 13.5. The number of rotatable bonds is 2. The first-order valence-electron chi connectivity index (χ1n) is 5.40. The van der Waals surface area contributed by atoms with Crippen LogP contribution in [0, 0.1) is 5.82 Å². The van der Waals surface area contributed by atoms with Crippen LogP contribution in [0.2, 0.25) is 0 Å². The molecular weight excluding hydrogens is 269 g/mol. The highest BCUT2D eigenvalue weighted by molar-refractivity contribution is 7.90.